The van der Waals surface area contributed by atoms with E-state index in [2.05, 4.69) is 5.32 Å². The highest BCUT2D eigenvalue weighted by molar-refractivity contribution is 6.10. The molecule has 2 rings (SSSR count). The minimum atomic E-state index is -0.700. The molecule has 0 heterocycles. The van der Waals surface area contributed by atoms with Crippen LogP contribution < -0.4 is 10.2 Å². The van der Waals surface area contributed by atoms with Gasteiger partial charge in [-0.1, -0.05) is 24.3 Å². The molecule has 0 aliphatic rings. The van der Waals surface area contributed by atoms with Crippen LogP contribution in [0, 0.1) is 21.4 Å². The average Bonchev–Trinajstić information content (AvgIpc) is 2.60. The molecule has 0 spiro atoms. The third kappa shape index (κ3) is 4.42. The highest BCUT2D eigenvalue weighted by atomic mass is 16.6. The lowest BCUT2D eigenvalue weighted by Gasteiger charge is -2.12. The Labute approximate surface area is 145 Å². The maximum atomic E-state index is 12.3. The fourth-order valence-corrected chi connectivity index (χ4v) is 2.11. The number of nitrogens with zero attached hydrogens (tertiary/aromatic N) is 3. The Morgan fingerprint density at radius 1 is 1.20 bits per heavy atom. The summed E-state index contributed by atoms with van der Waals surface area (Å²) >= 11 is 0. The molecule has 0 bridgehead atoms. The van der Waals surface area contributed by atoms with Gasteiger partial charge in [-0.25, -0.2) is 0 Å². The SMILES string of the molecule is CN(C)c1ccc(C=C(C#N)C(=O)Nc2ccccc2[N+](=O)[O-])cc1. The van der Waals surface area contributed by atoms with Gasteiger partial charge in [0.15, 0.2) is 0 Å². The van der Waals surface area contributed by atoms with E-state index < -0.39 is 10.8 Å². The van der Waals surface area contributed by atoms with E-state index in [0.29, 0.717) is 5.56 Å². The fourth-order valence-electron chi connectivity index (χ4n) is 2.11. The van der Waals surface area contributed by atoms with Gasteiger partial charge in [0.05, 0.1) is 4.92 Å². The molecule has 0 aliphatic carbocycles. The van der Waals surface area contributed by atoms with E-state index in [9.17, 15) is 20.2 Å². The van der Waals surface area contributed by atoms with Crippen LogP contribution >= 0.6 is 0 Å². The standard InChI is InChI=1S/C18H16N4O3/c1-21(2)15-9-7-13(8-10-15)11-14(12-19)18(23)20-16-5-3-4-6-17(16)22(24)25/h3-11H,1-2H3,(H,20,23). The Bertz CT molecular complexity index is 865. The van der Waals surface area contributed by atoms with E-state index in [0.717, 1.165) is 5.69 Å². The molecule has 7 heteroatoms. The second-order valence-corrected chi connectivity index (χ2v) is 5.38. The van der Waals surface area contributed by atoms with E-state index in [1.807, 2.05) is 37.2 Å². The van der Waals surface area contributed by atoms with Crippen LogP contribution in [0.5, 0.6) is 0 Å². The second-order valence-electron chi connectivity index (χ2n) is 5.38. The third-order valence-corrected chi connectivity index (χ3v) is 3.43. The van der Waals surface area contributed by atoms with Gasteiger partial charge in [-0.2, -0.15) is 5.26 Å². The highest BCUT2D eigenvalue weighted by Gasteiger charge is 2.17. The van der Waals surface area contributed by atoms with Crippen molar-refractivity contribution in [3.05, 3.63) is 69.8 Å². The van der Waals surface area contributed by atoms with Crippen LogP contribution in [0.3, 0.4) is 0 Å². The van der Waals surface area contributed by atoms with Gasteiger partial charge in [0, 0.05) is 25.8 Å². The monoisotopic (exact) mass is 336 g/mol. The molecule has 0 fully saturated rings. The molecule has 2 aromatic rings. The first-order chi connectivity index (χ1) is 11.9. The predicted octanol–water partition coefficient (Wildman–Crippen LogP) is 3.21. The molecule has 126 valence electrons. The number of nitro groups is 1. The first kappa shape index (κ1) is 17.7. The number of benzene rings is 2. The zero-order valence-corrected chi connectivity index (χ0v) is 13.8. The van der Waals surface area contributed by atoms with Crippen molar-refractivity contribution >= 4 is 29.0 Å². The summed E-state index contributed by atoms with van der Waals surface area (Å²) in [7, 11) is 3.82. The van der Waals surface area contributed by atoms with E-state index in [1.165, 1.54) is 24.3 Å². The molecular formula is C18H16N4O3. The van der Waals surface area contributed by atoms with E-state index in [-0.39, 0.29) is 16.9 Å². The molecule has 0 saturated heterocycles. The van der Waals surface area contributed by atoms with Crippen LogP contribution in [0.25, 0.3) is 6.08 Å². The van der Waals surface area contributed by atoms with Gasteiger partial charge in [-0.3, -0.25) is 14.9 Å². The Hall–Kier alpha value is -3.66. The fraction of sp³-hybridized carbons (Fsp3) is 0.111. The summed E-state index contributed by atoms with van der Waals surface area (Å²) in [5.41, 5.74) is 1.33. The van der Waals surface area contributed by atoms with Crippen molar-refractivity contribution in [3.63, 3.8) is 0 Å². The molecular weight excluding hydrogens is 320 g/mol. The number of nitrogens with one attached hydrogen (secondary N) is 1. The molecule has 0 unspecified atom stereocenters. The van der Waals surface area contributed by atoms with Gasteiger partial charge in [0.1, 0.15) is 17.3 Å². The van der Waals surface area contributed by atoms with Crippen molar-refractivity contribution in [1.29, 1.82) is 5.26 Å². The lowest BCUT2D eigenvalue weighted by Crippen LogP contribution is -2.14. The summed E-state index contributed by atoms with van der Waals surface area (Å²) in [5.74, 6) is -0.700. The van der Waals surface area contributed by atoms with Crippen LogP contribution in [-0.4, -0.2) is 24.9 Å². The van der Waals surface area contributed by atoms with Crippen molar-refractivity contribution in [2.45, 2.75) is 0 Å². The Balaban J connectivity index is 2.24. The normalized spacial score (nSPS) is 10.7. The summed E-state index contributed by atoms with van der Waals surface area (Å²) in [6.07, 6.45) is 1.43. The number of hydrogen-bond acceptors (Lipinski definition) is 5. The first-order valence-corrected chi connectivity index (χ1v) is 7.36. The molecule has 25 heavy (non-hydrogen) atoms. The summed E-state index contributed by atoms with van der Waals surface area (Å²) in [5, 5.41) is 22.6. The number of rotatable bonds is 5. The van der Waals surface area contributed by atoms with Gasteiger partial charge < -0.3 is 10.2 Å². The van der Waals surface area contributed by atoms with Crippen molar-refractivity contribution in [1.82, 2.24) is 0 Å². The van der Waals surface area contributed by atoms with Gasteiger partial charge in [0.2, 0.25) is 0 Å². The lowest BCUT2D eigenvalue weighted by molar-refractivity contribution is -0.383. The second kappa shape index (κ2) is 7.75. The summed E-state index contributed by atoms with van der Waals surface area (Å²) in [6.45, 7) is 0. The molecule has 7 nitrogen and oxygen atoms in total. The van der Waals surface area contributed by atoms with Crippen molar-refractivity contribution in [2.24, 2.45) is 0 Å². The van der Waals surface area contributed by atoms with Gasteiger partial charge >= 0.3 is 0 Å². The van der Waals surface area contributed by atoms with E-state index in [4.69, 9.17) is 0 Å². The molecule has 0 aliphatic heterocycles. The minimum Gasteiger partial charge on any atom is -0.378 e. The Morgan fingerprint density at radius 2 is 1.84 bits per heavy atom. The number of para-hydroxylation sites is 2. The Kier molecular flexibility index (Phi) is 5.48. The lowest BCUT2D eigenvalue weighted by atomic mass is 10.1. The topological polar surface area (TPSA) is 99.3 Å². The maximum Gasteiger partial charge on any atom is 0.292 e. The van der Waals surface area contributed by atoms with Gasteiger partial charge in [-0.15, -0.1) is 0 Å². The average molecular weight is 336 g/mol. The third-order valence-electron chi connectivity index (χ3n) is 3.43. The number of carbonyl (C=O) groups is 1. The number of anilines is 2. The Morgan fingerprint density at radius 3 is 2.40 bits per heavy atom. The largest absolute Gasteiger partial charge is 0.378 e. The van der Waals surface area contributed by atoms with Crippen molar-refractivity contribution in [3.8, 4) is 6.07 Å². The van der Waals surface area contributed by atoms with Crippen molar-refractivity contribution in [2.75, 3.05) is 24.3 Å². The summed E-state index contributed by atoms with van der Waals surface area (Å²) in [4.78, 5) is 24.6. The van der Waals surface area contributed by atoms with Crippen LogP contribution in [0.1, 0.15) is 5.56 Å². The number of amides is 1. The number of carbonyl (C=O) groups excluding carboxylic acids is 1. The molecule has 0 atom stereocenters. The number of nitro benzene ring substituents is 1. The van der Waals surface area contributed by atoms with Crippen LogP contribution in [0.15, 0.2) is 54.1 Å². The summed E-state index contributed by atoms with van der Waals surface area (Å²) < 4.78 is 0. The predicted molar refractivity (Wildman–Crippen MR) is 96.1 cm³/mol. The quantitative estimate of drug-likeness (QED) is 0.391. The zero-order valence-electron chi connectivity index (χ0n) is 13.8. The van der Waals surface area contributed by atoms with Crippen LogP contribution in [-0.2, 0) is 4.79 Å². The number of hydrogen-bond donors (Lipinski definition) is 1. The smallest absolute Gasteiger partial charge is 0.292 e. The van der Waals surface area contributed by atoms with Crippen molar-refractivity contribution < 1.29 is 9.72 Å². The van der Waals surface area contributed by atoms with E-state index >= 15 is 0 Å². The first-order valence-electron chi connectivity index (χ1n) is 7.36. The molecule has 0 aromatic heterocycles. The zero-order chi connectivity index (χ0) is 18.4. The molecule has 0 radical (unpaired) electrons. The minimum absolute atomic E-state index is 0.0432. The molecule has 0 saturated carbocycles. The summed E-state index contributed by atoms with van der Waals surface area (Å²) in [6, 6.07) is 14.9. The molecule has 1 amide bonds. The van der Waals surface area contributed by atoms with E-state index in [1.54, 1.807) is 18.2 Å². The van der Waals surface area contributed by atoms with Crippen LogP contribution in [0.2, 0.25) is 0 Å². The maximum absolute atomic E-state index is 12.3. The molecule has 2 aromatic carbocycles. The number of nitriles is 1. The van der Waals surface area contributed by atoms with Crippen LogP contribution in [0.4, 0.5) is 17.1 Å². The highest BCUT2D eigenvalue weighted by Crippen LogP contribution is 2.24. The van der Waals surface area contributed by atoms with Gasteiger partial charge in [0.25, 0.3) is 11.6 Å². The van der Waals surface area contributed by atoms with Gasteiger partial charge in [-0.05, 0) is 29.8 Å². The molecule has 1 N–H and O–H groups in total.